The number of hydrogen-bond acceptors (Lipinski definition) is 2. The minimum absolute atomic E-state index is 0.141. The summed E-state index contributed by atoms with van der Waals surface area (Å²) >= 11 is 0. The second-order valence-corrected chi connectivity index (χ2v) is 4.54. The highest BCUT2D eigenvalue weighted by molar-refractivity contribution is 5.64. The van der Waals surface area contributed by atoms with Gasteiger partial charge in [0.1, 0.15) is 0 Å². The van der Waals surface area contributed by atoms with Crippen LogP contribution in [0, 0.1) is 0 Å². The third-order valence-corrected chi connectivity index (χ3v) is 3.12. The zero-order valence-electron chi connectivity index (χ0n) is 11.5. The average molecular weight is 303 g/mol. The lowest BCUT2D eigenvalue weighted by Gasteiger charge is -2.26. The molecule has 0 spiro atoms. The minimum atomic E-state index is -4.43. The summed E-state index contributed by atoms with van der Waals surface area (Å²) in [7, 11) is 0. The molecule has 0 aromatic heterocycles. The molecule has 1 aromatic rings. The Bertz CT molecular complexity index is 511. The van der Waals surface area contributed by atoms with Crippen LogP contribution in [0.15, 0.2) is 36.4 Å². The Morgan fingerprint density at radius 2 is 1.81 bits per heavy atom. The summed E-state index contributed by atoms with van der Waals surface area (Å²) in [5.74, 6) is -0.557. The monoisotopic (exact) mass is 303 g/mol. The lowest BCUT2D eigenvalue weighted by molar-refractivity contribution is -0.137. The fourth-order valence-electron chi connectivity index (χ4n) is 1.98. The van der Waals surface area contributed by atoms with Crippen molar-refractivity contribution in [2.45, 2.75) is 32.0 Å². The number of hydrogen-bond donors (Lipinski definition) is 2. The van der Waals surface area contributed by atoms with Crippen LogP contribution in [0.25, 0.3) is 0 Å². The van der Waals surface area contributed by atoms with E-state index in [9.17, 15) is 23.2 Å². The van der Waals surface area contributed by atoms with E-state index in [-0.39, 0.29) is 5.06 Å². The van der Waals surface area contributed by atoms with Crippen LogP contribution in [0.3, 0.4) is 0 Å². The summed E-state index contributed by atoms with van der Waals surface area (Å²) in [4.78, 5) is 10.8. The highest BCUT2D eigenvalue weighted by atomic mass is 19.4. The molecule has 116 valence electrons. The number of halogens is 3. The summed E-state index contributed by atoms with van der Waals surface area (Å²) in [6.45, 7) is 3.17. The third kappa shape index (κ3) is 4.22. The molecule has 2 N–H and O–H groups in total. The van der Waals surface area contributed by atoms with Crippen molar-refractivity contribution in [3.8, 4) is 0 Å². The lowest BCUT2D eigenvalue weighted by atomic mass is 9.91. The normalized spacial score (nSPS) is 15.0. The van der Waals surface area contributed by atoms with Crippen molar-refractivity contribution in [2.24, 2.45) is 0 Å². The number of hydroxylamine groups is 2. The number of allylic oxidation sites excluding steroid dienone is 1. The van der Waals surface area contributed by atoms with Gasteiger partial charge in [-0.3, -0.25) is 5.21 Å². The van der Waals surface area contributed by atoms with Crippen LogP contribution < -0.4 is 0 Å². The molecule has 0 fully saturated rings. The van der Waals surface area contributed by atoms with Gasteiger partial charge < -0.3 is 5.11 Å². The van der Waals surface area contributed by atoms with Gasteiger partial charge in [-0.1, -0.05) is 24.3 Å². The van der Waals surface area contributed by atoms with E-state index < -0.39 is 29.8 Å². The maximum atomic E-state index is 12.5. The van der Waals surface area contributed by atoms with E-state index in [1.165, 1.54) is 19.1 Å². The van der Waals surface area contributed by atoms with Crippen LogP contribution in [0.4, 0.5) is 18.0 Å². The summed E-state index contributed by atoms with van der Waals surface area (Å²) in [6, 6.07) is 3.58. The second kappa shape index (κ2) is 6.62. The molecule has 0 saturated carbocycles. The molecule has 0 unspecified atom stereocenters. The number of benzene rings is 1. The molecule has 0 saturated heterocycles. The fourth-order valence-corrected chi connectivity index (χ4v) is 1.98. The van der Waals surface area contributed by atoms with Gasteiger partial charge in [0, 0.05) is 5.92 Å². The average Bonchev–Trinajstić information content (AvgIpc) is 2.42. The standard InChI is InChI=1S/C14H16F3NO3/c1-3-4-12(9(2)18(21)13(19)20)10-5-7-11(8-6-10)14(15,16)17/h3-9,12,21H,1-2H3,(H,19,20)/b4-3+/t9-,12+/m0/s1. The van der Waals surface area contributed by atoms with Crippen LogP contribution in [0.2, 0.25) is 0 Å². The van der Waals surface area contributed by atoms with Gasteiger partial charge in [-0.2, -0.15) is 18.2 Å². The van der Waals surface area contributed by atoms with Crippen LogP contribution in [0.1, 0.15) is 30.9 Å². The van der Waals surface area contributed by atoms with E-state index in [2.05, 4.69) is 0 Å². The predicted molar refractivity (Wildman–Crippen MR) is 70.1 cm³/mol. The molecule has 0 aliphatic rings. The second-order valence-electron chi connectivity index (χ2n) is 4.54. The topological polar surface area (TPSA) is 60.8 Å². The van der Waals surface area contributed by atoms with E-state index in [0.29, 0.717) is 5.56 Å². The van der Waals surface area contributed by atoms with Crippen molar-refractivity contribution in [1.82, 2.24) is 5.06 Å². The lowest BCUT2D eigenvalue weighted by Crippen LogP contribution is -2.38. The molecule has 1 rings (SSSR count). The molecule has 0 bridgehead atoms. The van der Waals surface area contributed by atoms with Crippen molar-refractivity contribution in [3.63, 3.8) is 0 Å². The van der Waals surface area contributed by atoms with E-state index in [1.807, 2.05) is 0 Å². The van der Waals surface area contributed by atoms with Crippen LogP contribution in [-0.2, 0) is 6.18 Å². The predicted octanol–water partition coefficient (Wildman–Crippen LogP) is 4.12. The van der Waals surface area contributed by atoms with Gasteiger partial charge in [0.25, 0.3) is 0 Å². The number of nitrogens with zero attached hydrogens (tertiary/aromatic N) is 1. The van der Waals surface area contributed by atoms with Gasteiger partial charge in [-0.25, -0.2) is 4.79 Å². The van der Waals surface area contributed by atoms with Crippen molar-refractivity contribution in [3.05, 3.63) is 47.5 Å². The molecule has 1 aromatic carbocycles. The van der Waals surface area contributed by atoms with Gasteiger partial charge in [0.15, 0.2) is 0 Å². The number of carbonyl (C=O) groups is 1. The van der Waals surface area contributed by atoms with Crippen LogP contribution in [0.5, 0.6) is 0 Å². The van der Waals surface area contributed by atoms with Gasteiger partial charge in [0.05, 0.1) is 11.6 Å². The fraction of sp³-hybridized carbons (Fsp3) is 0.357. The minimum Gasteiger partial charge on any atom is -0.463 e. The molecule has 0 aliphatic carbocycles. The Hall–Kier alpha value is -2.02. The van der Waals surface area contributed by atoms with E-state index in [0.717, 1.165) is 12.1 Å². The van der Waals surface area contributed by atoms with Gasteiger partial charge in [-0.05, 0) is 31.5 Å². The van der Waals surface area contributed by atoms with Crippen LogP contribution in [-0.4, -0.2) is 27.5 Å². The highest BCUT2D eigenvalue weighted by Crippen LogP contribution is 2.31. The molecule has 4 nitrogen and oxygen atoms in total. The zero-order chi connectivity index (χ0) is 16.2. The van der Waals surface area contributed by atoms with Gasteiger partial charge in [0.2, 0.25) is 0 Å². The van der Waals surface area contributed by atoms with Gasteiger partial charge >= 0.3 is 12.3 Å². The molecule has 2 atom stereocenters. The number of rotatable bonds is 4. The smallest absolute Gasteiger partial charge is 0.431 e. The molecule has 7 heteroatoms. The largest absolute Gasteiger partial charge is 0.463 e. The molecule has 0 aliphatic heterocycles. The van der Waals surface area contributed by atoms with E-state index >= 15 is 0 Å². The Kier molecular flexibility index (Phi) is 5.37. The molecular formula is C14H16F3NO3. The first-order valence-electron chi connectivity index (χ1n) is 6.19. The van der Waals surface area contributed by atoms with Gasteiger partial charge in [-0.15, -0.1) is 0 Å². The van der Waals surface area contributed by atoms with Crippen molar-refractivity contribution in [2.75, 3.05) is 0 Å². The Morgan fingerprint density at radius 3 is 2.19 bits per heavy atom. The Morgan fingerprint density at radius 1 is 1.29 bits per heavy atom. The molecule has 21 heavy (non-hydrogen) atoms. The third-order valence-electron chi connectivity index (χ3n) is 3.12. The van der Waals surface area contributed by atoms with E-state index in [4.69, 9.17) is 5.11 Å². The molecule has 0 radical (unpaired) electrons. The van der Waals surface area contributed by atoms with Crippen LogP contribution >= 0.6 is 0 Å². The maximum absolute atomic E-state index is 12.5. The summed E-state index contributed by atoms with van der Waals surface area (Å²) in [5, 5.41) is 18.4. The number of alkyl halides is 3. The summed E-state index contributed by atoms with van der Waals surface area (Å²) in [6.07, 6.45) is -2.68. The molecular weight excluding hydrogens is 287 g/mol. The SMILES string of the molecule is C/C=C/[C@@H](c1ccc(C(F)(F)F)cc1)[C@H](C)N(O)C(=O)O. The van der Waals surface area contributed by atoms with Crippen molar-refractivity contribution in [1.29, 1.82) is 0 Å². The quantitative estimate of drug-likeness (QED) is 0.499. The first-order chi connectivity index (χ1) is 9.68. The van der Waals surface area contributed by atoms with E-state index in [1.54, 1.807) is 19.1 Å². The molecule has 1 amide bonds. The number of carboxylic acid groups (broad SMARTS) is 1. The van der Waals surface area contributed by atoms with Crippen molar-refractivity contribution < 1.29 is 28.3 Å². The molecule has 0 heterocycles. The number of amides is 1. The first kappa shape index (κ1) is 17.0. The Balaban J connectivity index is 3.09. The first-order valence-corrected chi connectivity index (χ1v) is 6.19. The van der Waals surface area contributed by atoms with Crippen molar-refractivity contribution >= 4 is 6.09 Å². The summed E-state index contributed by atoms with van der Waals surface area (Å²) in [5.41, 5.74) is -0.300. The maximum Gasteiger partial charge on any atom is 0.431 e. The Labute approximate surface area is 120 Å². The summed E-state index contributed by atoms with van der Waals surface area (Å²) < 4.78 is 37.6. The highest BCUT2D eigenvalue weighted by Gasteiger charge is 2.31. The zero-order valence-corrected chi connectivity index (χ0v) is 11.5.